The molecule has 1 fully saturated rings. The van der Waals surface area contributed by atoms with E-state index in [1.54, 1.807) is 12.4 Å². The zero-order chi connectivity index (χ0) is 19.1. The molecule has 7 heteroatoms. The summed E-state index contributed by atoms with van der Waals surface area (Å²) in [6.45, 7) is 2.35. The molecule has 28 heavy (non-hydrogen) atoms. The number of nitrogens with one attached hydrogen (secondary N) is 1. The van der Waals surface area contributed by atoms with Gasteiger partial charge in [0.1, 0.15) is 5.52 Å². The van der Waals surface area contributed by atoms with Gasteiger partial charge in [0, 0.05) is 37.9 Å². The third kappa shape index (κ3) is 2.96. The van der Waals surface area contributed by atoms with Crippen molar-refractivity contribution in [3.8, 4) is 0 Å². The van der Waals surface area contributed by atoms with Crippen LogP contribution in [0.4, 0.5) is 0 Å². The molecule has 2 aliphatic heterocycles. The fourth-order valence-corrected chi connectivity index (χ4v) is 4.61. The fourth-order valence-electron chi connectivity index (χ4n) is 4.61. The molecule has 3 aromatic rings. The molecule has 144 valence electrons. The number of hydrogen-bond acceptors (Lipinski definition) is 5. The lowest BCUT2D eigenvalue weighted by Gasteiger charge is -2.39. The zero-order valence-corrected chi connectivity index (χ0v) is 16.0. The van der Waals surface area contributed by atoms with Crippen LogP contribution in [0, 0.1) is 0 Å². The summed E-state index contributed by atoms with van der Waals surface area (Å²) >= 11 is 0. The number of carbonyl (C=O) groups is 1. The molecule has 0 saturated carbocycles. The number of aromatic nitrogens is 4. The van der Waals surface area contributed by atoms with E-state index in [2.05, 4.69) is 56.4 Å². The van der Waals surface area contributed by atoms with E-state index in [0.717, 1.165) is 43.6 Å². The Balaban J connectivity index is 1.36. The van der Waals surface area contributed by atoms with Crippen LogP contribution < -0.4 is 0 Å². The molecule has 4 heterocycles. The average molecular weight is 376 g/mol. The summed E-state index contributed by atoms with van der Waals surface area (Å²) in [5.41, 5.74) is 5.09. The van der Waals surface area contributed by atoms with Crippen molar-refractivity contribution in [2.75, 3.05) is 20.1 Å². The second kappa shape index (κ2) is 6.98. The van der Waals surface area contributed by atoms with Gasteiger partial charge in [-0.3, -0.25) is 14.8 Å². The number of likely N-dealkylation sites (tertiary alicyclic amines) is 1. The molecule has 2 aromatic heterocycles. The van der Waals surface area contributed by atoms with Gasteiger partial charge in [-0.1, -0.05) is 24.3 Å². The zero-order valence-electron chi connectivity index (χ0n) is 16.0. The Hall–Kier alpha value is -2.80. The highest BCUT2D eigenvalue weighted by Crippen LogP contribution is 2.30. The van der Waals surface area contributed by atoms with Gasteiger partial charge in [-0.05, 0) is 37.4 Å². The van der Waals surface area contributed by atoms with Gasteiger partial charge in [-0.2, -0.15) is 5.10 Å². The normalized spacial score (nSPS) is 23.0. The van der Waals surface area contributed by atoms with E-state index < -0.39 is 0 Å². The van der Waals surface area contributed by atoms with Crippen LogP contribution in [0.1, 0.15) is 35.6 Å². The lowest BCUT2D eigenvalue weighted by Crippen LogP contribution is -2.52. The van der Waals surface area contributed by atoms with Crippen molar-refractivity contribution >= 4 is 17.1 Å². The monoisotopic (exact) mass is 376 g/mol. The largest absolute Gasteiger partial charge is 0.341 e. The Labute approximate surface area is 163 Å². The van der Waals surface area contributed by atoms with Gasteiger partial charge >= 0.3 is 0 Å². The predicted molar refractivity (Wildman–Crippen MR) is 106 cm³/mol. The number of H-pyrrole nitrogens is 1. The van der Waals surface area contributed by atoms with Crippen molar-refractivity contribution in [3.05, 3.63) is 53.5 Å². The SMILES string of the molecule is CN1Cc2ccccc2C[C@@H]1C(=O)N1CCC[C@H](c2[nH]nc3nccnc23)C1. The summed E-state index contributed by atoms with van der Waals surface area (Å²) in [7, 11) is 2.05. The molecular formula is C21H24N6O. The highest BCUT2D eigenvalue weighted by molar-refractivity contribution is 5.83. The molecule has 0 radical (unpaired) electrons. The van der Waals surface area contributed by atoms with Gasteiger partial charge in [0.15, 0.2) is 5.65 Å². The third-order valence-corrected chi connectivity index (χ3v) is 6.13. The highest BCUT2D eigenvalue weighted by atomic mass is 16.2. The smallest absolute Gasteiger partial charge is 0.240 e. The molecule has 0 spiro atoms. The summed E-state index contributed by atoms with van der Waals surface area (Å²) in [6, 6.07) is 8.35. The minimum atomic E-state index is -0.0908. The molecule has 1 saturated heterocycles. The summed E-state index contributed by atoms with van der Waals surface area (Å²) in [5, 5.41) is 7.40. The number of aromatic amines is 1. The van der Waals surface area contributed by atoms with E-state index in [1.807, 2.05) is 4.90 Å². The van der Waals surface area contributed by atoms with Crippen LogP contribution in [-0.4, -0.2) is 62.1 Å². The van der Waals surface area contributed by atoms with Gasteiger partial charge in [0.2, 0.25) is 5.91 Å². The van der Waals surface area contributed by atoms with E-state index in [-0.39, 0.29) is 17.9 Å². The minimum Gasteiger partial charge on any atom is -0.341 e. The molecule has 5 rings (SSSR count). The molecule has 2 aliphatic rings. The van der Waals surface area contributed by atoms with Gasteiger partial charge in [-0.25, -0.2) is 9.97 Å². The van der Waals surface area contributed by atoms with E-state index >= 15 is 0 Å². The molecule has 7 nitrogen and oxygen atoms in total. The van der Waals surface area contributed by atoms with Crippen molar-refractivity contribution in [3.63, 3.8) is 0 Å². The molecule has 0 unspecified atom stereocenters. The second-order valence-electron chi connectivity index (χ2n) is 7.89. The average Bonchev–Trinajstić information content (AvgIpc) is 3.17. The number of benzene rings is 1. The van der Waals surface area contributed by atoms with Crippen LogP contribution in [0.2, 0.25) is 0 Å². The lowest BCUT2D eigenvalue weighted by molar-refractivity contribution is -0.138. The molecule has 2 atom stereocenters. The van der Waals surface area contributed by atoms with Gasteiger partial charge < -0.3 is 4.90 Å². The highest BCUT2D eigenvalue weighted by Gasteiger charge is 2.35. The Morgan fingerprint density at radius 2 is 2.00 bits per heavy atom. The van der Waals surface area contributed by atoms with Crippen LogP contribution >= 0.6 is 0 Å². The van der Waals surface area contributed by atoms with E-state index in [1.165, 1.54) is 11.1 Å². The number of carbonyl (C=O) groups excluding carboxylic acids is 1. The summed E-state index contributed by atoms with van der Waals surface area (Å²) in [5.74, 6) is 0.456. The summed E-state index contributed by atoms with van der Waals surface area (Å²) in [6.07, 6.45) is 6.15. The van der Waals surface area contributed by atoms with Crippen LogP contribution in [0.25, 0.3) is 11.2 Å². The number of likely N-dealkylation sites (N-methyl/N-ethyl adjacent to an activating group) is 1. The van der Waals surface area contributed by atoms with Gasteiger partial charge in [0.25, 0.3) is 0 Å². The maximum atomic E-state index is 13.4. The number of nitrogens with zero attached hydrogens (tertiary/aromatic N) is 5. The fraction of sp³-hybridized carbons (Fsp3) is 0.429. The maximum absolute atomic E-state index is 13.4. The Bertz CT molecular complexity index is 1010. The Morgan fingerprint density at radius 3 is 2.89 bits per heavy atom. The van der Waals surface area contributed by atoms with Gasteiger partial charge in [0.05, 0.1) is 11.7 Å². The van der Waals surface area contributed by atoms with Crippen molar-refractivity contribution < 1.29 is 4.79 Å². The van der Waals surface area contributed by atoms with Gasteiger partial charge in [-0.15, -0.1) is 0 Å². The molecule has 0 aliphatic carbocycles. The van der Waals surface area contributed by atoms with Crippen LogP contribution in [-0.2, 0) is 17.8 Å². The maximum Gasteiger partial charge on any atom is 0.240 e. The minimum absolute atomic E-state index is 0.0908. The molecule has 1 N–H and O–H groups in total. The third-order valence-electron chi connectivity index (χ3n) is 6.13. The number of fused-ring (bicyclic) bond motifs is 2. The Kier molecular flexibility index (Phi) is 4.31. The summed E-state index contributed by atoms with van der Waals surface area (Å²) in [4.78, 5) is 26.3. The molecular weight excluding hydrogens is 352 g/mol. The molecule has 0 bridgehead atoms. The number of piperidine rings is 1. The van der Waals surface area contributed by atoms with Crippen molar-refractivity contribution in [2.24, 2.45) is 0 Å². The van der Waals surface area contributed by atoms with Crippen LogP contribution in [0.5, 0.6) is 0 Å². The van der Waals surface area contributed by atoms with Crippen molar-refractivity contribution in [1.29, 1.82) is 0 Å². The van der Waals surface area contributed by atoms with Crippen LogP contribution in [0.3, 0.4) is 0 Å². The van der Waals surface area contributed by atoms with Crippen molar-refractivity contribution in [2.45, 2.75) is 37.8 Å². The first-order valence-electron chi connectivity index (χ1n) is 9.91. The first kappa shape index (κ1) is 17.3. The lowest BCUT2D eigenvalue weighted by atomic mass is 9.91. The van der Waals surface area contributed by atoms with Crippen LogP contribution in [0.15, 0.2) is 36.7 Å². The van der Waals surface area contributed by atoms with Crippen molar-refractivity contribution in [1.82, 2.24) is 30.0 Å². The Morgan fingerprint density at radius 1 is 1.18 bits per heavy atom. The van der Waals surface area contributed by atoms with E-state index in [0.29, 0.717) is 12.2 Å². The number of amides is 1. The topological polar surface area (TPSA) is 78.0 Å². The predicted octanol–water partition coefficient (Wildman–Crippen LogP) is 2.12. The van der Waals surface area contributed by atoms with E-state index in [9.17, 15) is 4.79 Å². The quantitative estimate of drug-likeness (QED) is 0.741. The summed E-state index contributed by atoms with van der Waals surface area (Å²) < 4.78 is 0. The standard InChI is InChI=1S/C21H24N6O/c1-26-12-15-6-3-2-5-14(15)11-17(26)21(28)27-10-4-7-16(13-27)18-19-20(25-24-18)23-9-8-22-19/h2-3,5-6,8-9,16-17H,4,7,10-13H2,1H3,(H,23,24,25)/t16-,17+/m0/s1. The van der Waals surface area contributed by atoms with E-state index in [4.69, 9.17) is 0 Å². The number of hydrogen-bond donors (Lipinski definition) is 1. The first-order chi connectivity index (χ1) is 13.7. The first-order valence-corrected chi connectivity index (χ1v) is 9.91. The molecule has 1 amide bonds. The number of rotatable bonds is 2. The molecule has 1 aromatic carbocycles. The second-order valence-corrected chi connectivity index (χ2v) is 7.89.